The number of primary sulfonamides is 1. The lowest BCUT2D eigenvalue weighted by Gasteiger charge is -2.15. The first-order valence-electron chi connectivity index (χ1n) is 13.9. The molecule has 0 saturated heterocycles. The van der Waals surface area contributed by atoms with E-state index in [0.29, 0.717) is 39.8 Å². The van der Waals surface area contributed by atoms with Crippen molar-refractivity contribution in [1.82, 2.24) is 5.32 Å². The van der Waals surface area contributed by atoms with Crippen molar-refractivity contribution >= 4 is 57.0 Å². The number of amides is 3. The van der Waals surface area contributed by atoms with Crippen molar-refractivity contribution in [3.05, 3.63) is 108 Å². The van der Waals surface area contributed by atoms with Crippen LogP contribution >= 0.6 is 11.8 Å². The molecule has 244 valence electrons. The number of nitrogens with one attached hydrogen (secondary N) is 3. The molecular formula is C33H32N4O8S2. The molecule has 0 saturated carbocycles. The molecule has 0 aliphatic carbocycles. The number of ether oxygens (including phenoxy) is 3. The number of anilines is 2. The predicted octanol–water partition coefficient (Wildman–Crippen LogP) is 4.50. The van der Waals surface area contributed by atoms with Crippen molar-refractivity contribution in [2.24, 2.45) is 5.14 Å². The fourth-order valence-corrected chi connectivity index (χ4v) is 5.38. The summed E-state index contributed by atoms with van der Waals surface area (Å²) < 4.78 is 39.1. The Balaban J connectivity index is 1.47. The van der Waals surface area contributed by atoms with E-state index in [0.717, 1.165) is 4.90 Å². The Bertz CT molecular complexity index is 1880. The Morgan fingerprint density at radius 2 is 1.34 bits per heavy atom. The Hall–Kier alpha value is -5.31. The number of carbonyl (C=O) groups excluding carboxylic acids is 3. The molecule has 0 aromatic heterocycles. The molecule has 47 heavy (non-hydrogen) atoms. The molecule has 12 nitrogen and oxygen atoms in total. The molecule has 0 heterocycles. The van der Waals surface area contributed by atoms with Crippen molar-refractivity contribution in [1.29, 1.82) is 0 Å². The maximum absolute atomic E-state index is 13.5. The van der Waals surface area contributed by atoms with Crippen LogP contribution in [0.15, 0.2) is 106 Å². The van der Waals surface area contributed by atoms with Crippen LogP contribution in [-0.4, -0.2) is 53.2 Å². The molecule has 14 heteroatoms. The number of carbonyl (C=O) groups is 3. The number of nitrogens with two attached hydrogens (primary N) is 1. The average molecular weight is 677 g/mol. The van der Waals surface area contributed by atoms with Gasteiger partial charge in [0.25, 0.3) is 11.8 Å². The monoisotopic (exact) mass is 676 g/mol. The number of benzene rings is 4. The largest absolute Gasteiger partial charge is 0.496 e. The fraction of sp³-hybridized carbons (Fsp3) is 0.121. The van der Waals surface area contributed by atoms with Gasteiger partial charge in [-0.15, -0.1) is 11.8 Å². The van der Waals surface area contributed by atoms with E-state index in [9.17, 15) is 22.8 Å². The summed E-state index contributed by atoms with van der Waals surface area (Å²) in [6, 6.07) is 24.0. The molecule has 0 atom stereocenters. The first kappa shape index (κ1) is 34.6. The van der Waals surface area contributed by atoms with Gasteiger partial charge in [0.1, 0.15) is 11.4 Å². The predicted molar refractivity (Wildman–Crippen MR) is 180 cm³/mol. The van der Waals surface area contributed by atoms with E-state index in [2.05, 4.69) is 16.0 Å². The van der Waals surface area contributed by atoms with Gasteiger partial charge in [-0.3, -0.25) is 14.4 Å². The van der Waals surface area contributed by atoms with Crippen molar-refractivity contribution in [3.63, 3.8) is 0 Å². The lowest BCUT2D eigenvalue weighted by molar-refractivity contribution is -0.114. The maximum Gasteiger partial charge on any atom is 0.272 e. The van der Waals surface area contributed by atoms with Gasteiger partial charge >= 0.3 is 0 Å². The van der Waals surface area contributed by atoms with Crippen molar-refractivity contribution in [2.75, 3.05) is 37.7 Å². The van der Waals surface area contributed by atoms with Gasteiger partial charge in [-0.1, -0.05) is 18.2 Å². The minimum atomic E-state index is -3.83. The van der Waals surface area contributed by atoms with Crippen LogP contribution in [0.2, 0.25) is 0 Å². The molecule has 0 aliphatic heterocycles. The molecule has 0 unspecified atom stereocenters. The summed E-state index contributed by atoms with van der Waals surface area (Å²) >= 11 is 1.26. The topological polar surface area (TPSA) is 175 Å². The molecule has 5 N–H and O–H groups in total. The molecule has 0 aliphatic rings. The van der Waals surface area contributed by atoms with E-state index in [1.54, 1.807) is 66.7 Å². The van der Waals surface area contributed by atoms with Gasteiger partial charge in [0.2, 0.25) is 15.9 Å². The van der Waals surface area contributed by atoms with E-state index >= 15 is 0 Å². The highest BCUT2D eigenvalue weighted by atomic mass is 32.2. The fourth-order valence-electron chi connectivity index (χ4n) is 4.17. The lowest BCUT2D eigenvalue weighted by Crippen LogP contribution is -2.30. The van der Waals surface area contributed by atoms with Gasteiger partial charge in [0, 0.05) is 33.5 Å². The number of methoxy groups -OCH3 is 3. The van der Waals surface area contributed by atoms with Gasteiger partial charge in [-0.2, -0.15) is 0 Å². The summed E-state index contributed by atoms with van der Waals surface area (Å²) in [6.07, 6.45) is 1.47. The number of sulfonamides is 1. The van der Waals surface area contributed by atoms with E-state index in [-0.39, 0.29) is 22.3 Å². The standard InChI is InChI=1S/C33H32N4O8S2/c1-43-28-19-30(45-3)29(44-2)18-22(28)17-27(37-32(39)21-7-5-4-6-8-21)33(40)36-24-9-13-25(14-10-24)46-20-31(38)35-23-11-15-26(16-12-23)47(34,41)42/h4-19H,20H2,1-3H3,(H,35,38)(H,36,40)(H,37,39)(H2,34,41,42)/b27-17-. The van der Waals surface area contributed by atoms with Crippen molar-refractivity contribution < 1.29 is 37.0 Å². The van der Waals surface area contributed by atoms with Crippen molar-refractivity contribution in [2.45, 2.75) is 9.79 Å². The number of thioether (sulfide) groups is 1. The normalized spacial score (nSPS) is 11.3. The lowest BCUT2D eigenvalue weighted by atomic mass is 10.1. The molecule has 4 rings (SSSR count). The van der Waals surface area contributed by atoms with Crippen LogP contribution < -0.4 is 35.3 Å². The summed E-state index contributed by atoms with van der Waals surface area (Å²) in [6.45, 7) is 0. The zero-order valence-corrected chi connectivity index (χ0v) is 27.2. The van der Waals surface area contributed by atoms with E-state index in [1.807, 2.05) is 0 Å². The third-order valence-corrected chi connectivity index (χ3v) is 8.45. The van der Waals surface area contributed by atoms with Gasteiger partial charge < -0.3 is 30.2 Å². The average Bonchev–Trinajstić information content (AvgIpc) is 3.07. The Kier molecular flexibility index (Phi) is 11.6. The summed E-state index contributed by atoms with van der Waals surface area (Å²) in [5.41, 5.74) is 1.62. The van der Waals surface area contributed by atoms with Crippen LogP contribution in [0, 0.1) is 0 Å². The highest BCUT2D eigenvalue weighted by molar-refractivity contribution is 8.00. The molecule has 4 aromatic rings. The summed E-state index contributed by atoms with van der Waals surface area (Å²) in [4.78, 5) is 39.7. The van der Waals surface area contributed by atoms with Crippen LogP contribution in [0.25, 0.3) is 6.08 Å². The number of hydrogen-bond donors (Lipinski definition) is 4. The quantitative estimate of drug-likeness (QED) is 0.117. The molecular weight excluding hydrogens is 645 g/mol. The van der Waals surface area contributed by atoms with E-state index < -0.39 is 21.8 Å². The summed E-state index contributed by atoms with van der Waals surface area (Å²) in [7, 11) is 0.613. The minimum absolute atomic E-state index is 0.0565. The minimum Gasteiger partial charge on any atom is -0.496 e. The zero-order valence-electron chi connectivity index (χ0n) is 25.6. The first-order valence-corrected chi connectivity index (χ1v) is 16.4. The third kappa shape index (κ3) is 9.59. The SMILES string of the molecule is COc1cc(OC)c(OC)cc1/C=C(\NC(=O)c1ccccc1)C(=O)Nc1ccc(SCC(=O)Nc2ccc(S(N)(=O)=O)cc2)cc1. The Morgan fingerprint density at radius 3 is 1.94 bits per heavy atom. The van der Waals surface area contributed by atoms with Gasteiger partial charge in [-0.05, 0) is 72.8 Å². The highest BCUT2D eigenvalue weighted by Gasteiger charge is 2.18. The van der Waals surface area contributed by atoms with Crippen LogP contribution in [0.5, 0.6) is 17.2 Å². The first-order chi connectivity index (χ1) is 22.5. The Morgan fingerprint density at radius 1 is 0.766 bits per heavy atom. The zero-order chi connectivity index (χ0) is 34.0. The maximum atomic E-state index is 13.5. The summed E-state index contributed by atoms with van der Waals surface area (Å²) in [5, 5.41) is 13.3. The third-order valence-electron chi connectivity index (χ3n) is 6.51. The smallest absolute Gasteiger partial charge is 0.272 e. The van der Waals surface area contributed by atoms with Crippen LogP contribution in [0.4, 0.5) is 11.4 Å². The van der Waals surface area contributed by atoms with Gasteiger partial charge in [0.05, 0.1) is 32.0 Å². The molecule has 3 amide bonds. The highest BCUT2D eigenvalue weighted by Crippen LogP contribution is 2.35. The second-order valence-electron chi connectivity index (χ2n) is 9.71. The van der Waals surface area contributed by atoms with E-state index in [4.69, 9.17) is 19.3 Å². The molecule has 0 fully saturated rings. The van der Waals surface area contributed by atoms with Crippen LogP contribution in [0.3, 0.4) is 0 Å². The molecule has 0 bridgehead atoms. The number of hydrogen-bond acceptors (Lipinski definition) is 9. The van der Waals surface area contributed by atoms with E-state index in [1.165, 1.54) is 63.4 Å². The second kappa shape index (κ2) is 15.8. The molecule has 4 aromatic carbocycles. The van der Waals surface area contributed by atoms with Gasteiger partial charge in [-0.25, -0.2) is 13.6 Å². The second-order valence-corrected chi connectivity index (χ2v) is 12.3. The van der Waals surface area contributed by atoms with Gasteiger partial charge in [0.15, 0.2) is 11.5 Å². The Labute approximate surface area is 276 Å². The van der Waals surface area contributed by atoms with Crippen LogP contribution in [0.1, 0.15) is 15.9 Å². The number of rotatable bonds is 13. The van der Waals surface area contributed by atoms with Crippen LogP contribution in [-0.2, 0) is 19.6 Å². The molecule has 0 spiro atoms. The summed E-state index contributed by atoms with van der Waals surface area (Å²) in [5.74, 6) is -0.103. The van der Waals surface area contributed by atoms with Crippen molar-refractivity contribution in [3.8, 4) is 17.2 Å². The molecule has 0 radical (unpaired) electrons.